The van der Waals surface area contributed by atoms with Gasteiger partial charge < -0.3 is 10.0 Å². The third-order valence-electron chi connectivity index (χ3n) is 4.04. The Bertz CT molecular complexity index is 621. The van der Waals surface area contributed by atoms with Crippen LogP contribution in [0.25, 0.3) is 5.69 Å². The van der Waals surface area contributed by atoms with E-state index in [1.54, 1.807) is 28.9 Å². The van der Waals surface area contributed by atoms with Gasteiger partial charge in [-0.05, 0) is 25.5 Å². The molecule has 2 aromatic rings. The highest BCUT2D eigenvalue weighted by Gasteiger charge is 2.30. The van der Waals surface area contributed by atoms with Gasteiger partial charge in [0.1, 0.15) is 0 Å². The Labute approximate surface area is 123 Å². The van der Waals surface area contributed by atoms with Gasteiger partial charge in [0.15, 0.2) is 0 Å². The number of rotatable bonds is 3. The van der Waals surface area contributed by atoms with Crippen molar-refractivity contribution in [3.63, 3.8) is 0 Å². The fourth-order valence-corrected chi connectivity index (χ4v) is 2.70. The molecule has 0 spiro atoms. The summed E-state index contributed by atoms with van der Waals surface area (Å²) >= 11 is 0. The number of likely N-dealkylation sites (tertiary alicyclic amines) is 1. The molecule has 1 saturated heterocycles. The molecule has 5 heteroatoms. The second kappa shape index (κ2) is 5.69. The smallest absolute Gasteiger partial charge is 0.257 e. The van der Waals surface area contributed by atoms with Gasteiger partial charge in [-0.15, -0.1) is 0 Å². The van der Waals surface area contributed by atoms with E-state index in [0.717, 1.165) is 12.1 Å². The molecule has 3 rings (SSSR count). The largest absolute Gasteiger partial charge is 0.393 e. The van der Waals surface area contributed by atoms with Crippen LogP contribution in [0.15, 0.2) is 42.7 Å². The van der Waals surface area contributed by atoms with Crippen LogP contribution in [0.5, 0.6) is 0 Å². The minimum Gasteiger partial charge on any atom is -0.393 e. The first kappa shape index (κ1) is 13.8. The van der Waals surface area contributed by atoms with Crippen LogP contribution in [0.4, 0.5) is 0 Å². The fourth-order valence-electron chi connectivity index (χ4n) is 2.70. The zero-order chi connectivity index (χ0) is 14.8. The molecule has 2 atom stereocenters. The molecule has 110 valence electrons. The summed E-state index contributed by atoms with van der Waals surface area (Å²) in [6.07, 6.45) is 3.85. The molecular weight excluding hydrogens is 266 g/mol. The number of aromatic nitrogens is 2. The van der Waals surface area contributed by atoms with Gasteiger partial charge in [0.05, 0.1) is 23.6 Å². The lowest BCUT2D eigenvalue weighted by molar-refractivity contribution is 0.0762. The van der Waals surface area contributed by atoms with Crippen molar-refractivity contribution in [2.75, 3.05) is 13.1 Å². The number of aliphatic hydroxyl groups is 1. The standard InChI is InChI=1S/C16H19N3O2/c1-12(20)13-7-8-18(10-13)16(21)14-9-17-19(11-14)15-5-3-2-4-6-15/h2-6,9,11-13,20H,7-8,10H2,1H3. The first-order valence-corrected chi connectivity index (χ1v) is 7.22. The van der Waals surface area contributed by atoms with E-state index in [4.69, 9.17) is 0 Å². The van der Waals surface area contributed by atoms with Gasteiger partial charge in [-0.2, -0.15) is 5.10 Å². The van der Waals surface area contributed by atoms with Gasteiger partial charge in [0.2, 0.25) is 0 Å². The summed E-state index contributed by atoms with van der Waals surface area (Å²) in [7, 11) is 0. The van der Waals surface area contributed by atoms with Crippen molar-refractivity contribution in [1.82, 2.24) is 14.7 Å². The highest BCUT2D eigenvalue weighted by atomic mass is 16.3. The Hall–Kier alpha value is -2.14. The van der Waals surface area contributed by atoms with Crippen LogP contribution in [0.2, 0.25) is 0 Å². The average molecular weight is 285 g/mol. The number of carbonyl (C=O) groups is 1. The SMILES string of the molecule is CC(O)C1CCN(C(=O)c2cnn(-c3ccccc3)c2)C1. The third-order valence-corrected chi connectivity index (χ3v) is 4.04. The Balaban J connectivity index is 1.73. The lowest BCUT2D eigenvalue weighted by Crippen LogP contribution is -2.30. The van der Waals surface area contributed by atoms with Gasteiger partial charge in [-0.3, -0.25) is 4.79 Å². The van der Waals surface area contributed by atoms with Gasteiger partial charge >= 0.3 is 0 Å². The van der Waals surface area contributed by atoms with Gasteiger partial charge in [0.25, 0.3) is 5.91 Å². The van der Waals surface area contributed by atoms with E-state index >= 15 is 0 Å². The molecule has 2 unspecified atom stereocenters. The van der Waals surface area contributed by atoms with E-state index < -0.39 is 0 Å². The van der Waals surface area contributed by atoms with Crippen LogP contribution in [0.3, 0.4) is 0 Å². The number of para-hydroxylation sites is 1. The molecule has 1 aliphatic heterocycles. The number of hydrogen-bond donors (Lipinski definition) is 1. The van der Waals surface area contributed by atoms with Gasteiger partial charge in [0, 0.05) is 25.2 Å². The molecule has 1 fully saturated rings. The average Bonchev–Trinajstić information content (AvgIpc) is 3.17. The van der Waals surface area contributed by atoms with Crippen LogP contribution >= 0.6 is 0 Å². The topological polar surface area (TPSA) is 58.4 Å². The predicted molar refractivity (Wildman–Crippen MR) is 79.3 cm³/mol. The Morgan fingerprint density at radius 1 is 1.38 bits per heavy atom. The van der Waals surface area contributed by atoms with E-state index in [2.05, 4.69) is 5.10 Å². The molecule has 1 N–H and O–H groups in total. The quantitative estimate of drug-likeness (QED) is 0.934. The van der Waals surface area contributed by atoms with Crippen LogP contribution in [0.1, 0.15) is 23.7 Å². The second-order valence-corrected chi connectivity index (χ2v) is 5.55. The summed E-state index contributed by atoms with van der Waals surface area (Å²) in [6, 6.07) is 9.71. The Morgan fingerprint density at radius 3 is 2.81 bits per heavy atom. The number of amides is 1. The predicted octanol–water partition coefficient (Wildman–Crippen LogP) is 1.72. The normalized spacial score (nSPS) is 19.7. The van der Waals surface area contributed by atoms with E-state index in [1.165, 1.54) is 0 Å². The van der Waals surface area contributed by atoms with Crippen molar-refractivity contribution >= 4 is 5.91 Å². The van der Waals surface area contributed by atoms with Crippen LogP contribution in [0, 0.1) is 5.92 Å². The van der Waals surface area contributed by atoms with Crippen LogP contribution in [-0.2, 0) is 0 Å². The molecule has 0 saturated carbocycles. The second-order valence-electron chi connectivity index (χ2n) is 5.55. The highest BCUT2D eigenvalue weighted by Crippen LogP contribution is 2.21. The molecule has 1 amide bonds. The summed E-state index contributed by atoms with van der Waals surface area (Å²) in [5, 5.41) is 13.9. The number of benzene rings is 1. The first-order chi connectivity index (χ1) is 10.1. The number of hydrogen-bond acceptors (Lipinski definition) is 3. The minimum atomic E-state index is -0.366. The van der Waals surface area contributed by atoms with Crippen molar-refractivity contribution in [2.24, 2.45) is 5.92 Å². The van der Waals surface area contributed by atoms with Crippen molar-refractivity contribution in [3.8, 4) is 5.69 Å². The van der Waals surface area contributed by atoms with Crippen molar-refractivity contribution < 1.29 is 9.90 Å². The van der Waals surface area contributed by atoms with Crippen LogP contribution < -0.4 is 0 Å². The lowest BCUT2D eigenvalue weighted by atomic mass is 10.0. The first-order valence-electron chi connectivity index (χ1n) is 7.22. The Kier molecular flexibility index (Phi) is 3.75. The molecule has 2 heterocycles. The molecule has 0 bridgehead atoms. The zero-order valence-corrected chi connectivity index (χ0v) is 12.0. The maximum Gasteiger partial charge on any atom is 0.257 e. The van der Waals surface area contributed by atoms with E-state index in [9.17, 15) is 9.90 Å². The molecule has 0 aliphatic carbocycles. The van der Waals surface area contributed by atoms with Crippen molar-refractivity contribution in [1.29, 1.82) is 0 Å². The Morgan fingerprint density at radius 2 is 2.14 bits per heavy atom. The van der Waals surface area contributed by atoms with Crippen LogP contribution in [-0.4, -0.2) is 44.9 Å². The monoisotopic (exact) mass is 285 g/mol. The molecular formula is C16H19N3O2. The van der Waals surface area contributed by atoms with Gasteiger partial charge in [-0.25, -0.2) is 4.68 Å². The van der Waals surface area contributed by atoms with E-state index in [0.29, 0.717) is 18.7 Å². The lowest BCUT2D eigenvalue weighted by Gasteiger charge is -2.16. The molecule has 1 aromatic carbocycles. The molecule has 1 aromatic heterocycles. The summed E-state index contributed by atoms with van der Waals surface area (Å²) in [4.78, 5) is 14.2. The molecule has 21 heavy (non-hydrogen) atoms. The third kappa shape index (κ3) is 2.83. The maximum atomic E-state index is 12.5. The summed E-state index contributed by atoms with van der Waals surface area (Å²) in [5.74, 6) is 0.165. The molecule has 0 radical (unpaired) electrons. The summed E-state index contributed by atoms with van der Waals surface area (Å²) in [6.45, 7) is 3.10. The highest BCUT2D eigenvalue weighted by molar-refractivity contribution is 5.94. The zero-order valence-electron chi connectivity index (χ0n) is 12.0. The minimum absolute atomic E-state index is 0.0136. The van der Waals surface area contributed by atoms with E-state index in [1.807, 2.05) is 30.3 Å². The van der Waals surface area contributed by atoms with Gasteiger partial charge in [-0.1, -0.05) is 18.2 Å². The maximum absolute atomic E-state index is 12.5. The molecule has 1 aliphatic rings. The summed E-state index contributed by atoms with van der Waals surface area (Å²) in [5.41, 5.74) is 1.52. The number of carbonyl (C=O) groups excluding carboxylic acids is 1. The van der Waals surface area contributed by atoms with E-state index in [-0.39, 0.29) is 17.9 Å². The number of nitrogens with zero attached hydrogens (tertiary/aromatic N) is 3. The summed E-state index contributed by atoms with van der Waals surface area (Å²) < 4.78 is 1.70. The number of aliphatic hydroxyl groups excluding tert-OH is 1. The van der Waals surface area contributed by atoms with Crippen molar-refractivity contribution in [3.05, 3.63) is 48.3 Å². The fraction of sp³-hybridized carbons (Fsp3) is 0.375. The van der Waals surface area contributed by atoms with Crippen molar-refractivity contribution in [2.45, 2.75) is 19.4 Å². The molecule has 5 nitrogen and oxygen atoms in total.